The summed E-state index contributed by atoms with van der Waals surface area (Å²) in [7, 11) is 0. The van der Waals surface area contributed by atoms with Crippen molar-refractivity contribution < 1.29 is 0 Å². The molecule has 0 radical (unpaired) electrons. The summed E-state index contributed by atoms with van der Waals surface area (Å²) in [5, 5.41) is 9.94. The highest BCUT2D eigenvalue weighted by molar-refractivity contribution is 5.89. The van der Waals surface area contributed by atoms with Gasteiger partial charge in [0.15, 0.2) is 0 Å². The molecule has 0 saturated carbocycles. The Balaban J connectivity index is 2.06. The second-order valence-corrected chi connectivity index (χ2v) is 4.93. The van der Waals surface area contributed by atoms with E-state index in [1.54, 1.807) is 11.1 Å². The van der Waals surface area contributed by atoms with Crippen molar-refractivity contribution >= 4 is 11.0 Å². The second kappa shape index (κ2) is 4.88. The SMILES string of the molecule is CC(C)=CCn1nc(C)c(-c2ncnc3[nH]ccc23)n1. The first-order valence-electron chi connectivity index (χ1n) is 6.48. The molecule has 6 nitrogen and oxygen atoms in total. The highest BCUT2D eigenvalue weighted by Gasteiger charge is 2.14. The number of hydrogen-bond donors (Lipinski definition) is 1. The molecule has 0 fully saturated rings. The Hall–Kier alpha value is -2.50. The minimum atomic E-state index is 0.671. The summed E-state index contributed by atoms with van der Waals surface area (Å²) in [6, 6.07) is 1.96. The molecule has 0 amide bonds. The molecule has 0 atom stereocenters. The lowest BCUT2D eigenvalue weighted by atomic mass is 10.2. The van der Waals surface area contributed by atoms with Crippen LogP contribution in [0.25, 0.3) is 22.4 Å². The van der Waals surface area contributed by atoms with Gasteiger partial charge < -0.3 is 4.98 Å². The van der Waals surface area contributed by atoms with Gasteiger partial charge in [0.25, 0.3) is 0 Å². The van der Waals surface area contributed by atoms with Gasteiger partial charge in [0, 0.05) is 11.6 Å². The first kappa shape index (κ1) is 12.5. The molecule has 0 aliphatic carbocycles. The number of aromatic amines is 1. The highest BCUT2D eigenvalue weighted by atomic mass is 15.5. The van der Waals surface area contributed by atoms with Crippen LogP contribution in [0.4, 0.5) is 0 Å². The zero-order valence-corrected chi connectivity index (χ0v) is 11.8. The number of hydrogen-bond acceptors (Lipinski definition) is 4. The molecule has 0 aliphatic rings. The molecular weight excluding hydrogens is 252 g/mol. The second-order valence-electron chi connectivity index (χ2n) is 4.93. The van der Waals surface area contributed by atoms with Gasteiger partial charge in [-0.15, -0.1) is 0 Å². The van der Waals surface area contributed by atoms with Crippen molar-refractivity contribution in [2.45, 2.75) is 27.3 Å². The molecule has 20 heavy (non-hydrogen) atoms. The number of nitrogens with zero attached hydrogens (tertiary/aromatic N) is 5. The maximum Gasteiger partial charge on any atom is 0.141 e. The number of H-pyrrole nitrogens is 1. The van der Waals surface area contributed by atoms with Crippen LogP contribution in [-0.4, -0.2) is 29.9 Å². The summed E-state index contributed by atoms with van der Waals surface area (Å²) < 4.78 is 0. The summed E-state index contributed by atoms with van der Waals surface area (Å²) in [5.41, 5.74) is 4.55. The van der Waals surface area contributed by atoms with Crippen molar-refractivity contribution in [3.63, 3.8) is 0 Å². The fourth-order valence-corrected chi connectivity index (χ4v) is 2.06. The molecule has 0 saturated heterocycles. The average molecular weight is 268 g/mol. The maximum atomic E-state index is 4.54. The number of nitrogens with one attached hydrogen (secondary N) is 1. The van der Waals surface area contributed by atoms with Gasteiger partial charge in [-0.1, -0.05) is 11.6 Å². The molecule has 3 heterocycles. The standard InChI is InChI=1S/C14H16N6/c1-9(2)5-7-20-18-10(3)12(19-20)13-11-4-6-15-14(11)17-8-16-13/h4-6,8H,7H2,1-3H3,(H,15,16,17). The minimum Gasteiger partial charge on any atom is -0.346 e. The number of allylic oxidation sites excluding steroid dienone is 2. The van der Waals surface area contributed by atoms with Gasteiger partial charge in [-0.25, -0.2) is 9.97 Å². The summed E-state index contributed by atoms with van der Waals surface area (Å²) in [6.45, 7) is 6.74. The lowest BCUT2D eigenvalue weighted by Crippen LogP contribution is -2.00. The summed E-state index contributed by atoms with van der Waals surface area (Å²) in [5.74, 6) is 0. The fraction of sp³-hybridized carbons (Fsp3) is 0.286. The van der Waals surface area contributed by atoms with Crippen LogP contribution in [0.1, 0.15) is 19.5 Å². The zero-order chi connectivity index (χ0) is 14.1. The molecule has 1 N–H and O–H groups in total. The van der Waals surface area contributed by atoms with E-state index in [1.165, 1.54) is 5.57 Å². The van der Waals surface area contributed by atoms with Crippen LogP contribution < -0.4 is 0 Å². The lowest BCUT2D eigenvalue weighted by molar-refractivity contribution is 0.597. The topological polar surface area (TPSA) is 72.3 Å². The van der Waals surface area contributed by atoms with Crippen molar-refractivity contribution in [1.82, 2.24) is 29.9 Å². The lowest BCUT2D eigenvalue weighted by Gasteiger charge is -1.98. The molecule has 3 aromatic rings. The van der Waals surface area contributed by atoms with Crippen LogP contribution in [0.2, 0.25) is 0 Å². The zero-order valence-electron chi connectivity index (χ0n) is 11.8. The van der Waals surface area contributed by atoms with Crippen LogP contribution in [-0.2, 0) is 6.54 Å². The smallest absolute Gasteiger partial charge is 0.141 e. The number of fused-ring (bicyclic) bond motifs is 1. The third-order valence-electron chi connectivity index (χ3n) is 3.06. The molecule has 6 heteroatoms. The van der Waals surface area contributed by atoms with E-state index in [4.69, 9.17) is 0 Å². The Morgan fingerprint density at radius 2 is 2.10 bits per heavy atom. The van der Waals surface area contributed by atoms with Gasteiger partial charge in [0.1, 0.15) is 23.4 Å². The number of rotatable bonds is 3. The van der Waals surface area contributed by atoms with Crippen molar-refractivity contribution in [2.75, 3.05) is 0 Å². The Bertz CT molecular complexity index is 776. The van der Waals surface area contributed by atoms with E-state index in [2.05, 4.69) is 45.1 Å². The van der Waals surface area contributed by atoms with E-state index in [0.717, 1.165) is 28.1 Å². The summed E-state index contributed by atoms with van der Waals surface area (Å²) >= 11 is 0. The minimum absolute atomic E-state index is 0.671. The van der Waals surface area contributed by atoms with E-state index in [1.807, 2.05) is 19.2 Å². The molecule has 0 unspecified atom stereocenters. The number of aromatic nitrogens is 6. The Morgan fingerprint density at radius 3 is 2.90 bits per heavy atom. The largest absolute Gasteiger partial charge is 0.346 e. The average Bonchev–Trinajstić information content (AvgIpc) is 3.02. The maximum absolute atomic E-state index is 4.54. The monoisotopic (exact) mass is 268 g/mol. The van der Waals surface area contributed by atoms with Crippen molar-refractivity contribution in [1.29, 1.82) is 0 Å². The first-order valence-corrected chi connectivity index (χ1v) is 6.48. The van der Waals surface area contributed by atoms with E-state index in [9.17, 15) is 0 Å². The van der Waals surface area contributed by atoms with Crippen LogP contribution in [0, 0.1) is 6.92 Å². The predicted molar refractivity (Wildman–Crippen MR) is 77.1 cm³/mol. The third kappa shape index (κ3) is 2.20. The summed E-state index contributed by atoms with van der Waals surface area (Å²) in [6.07, 6.45) is 5.49. The fourth-order valence-electron chi connectivity index (χ4n) is 2.06. The quantitative estimate of drug-likeness (QED) is 0.741. The van der Waals surface area contributed by atoms with Crippen LogP contribution >= 0.6 is 0 Å². The van der Waals surface area contributed by atoms with Crippen LogP contribution in [0.5, 0.6) is 0 Å². The Kier molecular flexibility index (Phi) is 3.06. The van der Waals surface area contributed by atoms with E-state index < -0.39 is 0 Å². The molecule has 3 rings (SSSR count). The normalized spacial score (nSPS) is 10.9. The molecule has 0 spiro atoms. The third-order valence-corrected chi connectivity index (χ3v) is 3.06. The van der Waals surface area contributed by atoms with Gasteiger partial charge in [0.2, 0.25) is 0 Å². The van der Waals surface area contributed by atoms with Gasteiger partial charge in [-0.05, 0) is 26.8 Å². The van der Waals surface area contributed by atoms with Gasteiger partial charge in [-0.3, -0.25) is 0 Å². The molecule has 0 aromatic carbocycles. The van der Waals surface area contributed by atoms with Crippen molar-refractivity contribution in [3.8, 4) is 11.4 Å². The first-order chi connectivity index (χ1) is 9.65. The highest BCUT2D eigenvalue weighted by Crippen LogP contribution is 2.24. The number of aryl methyl sites for hydroxylation is 1. The van der Waals surface area contributed by atoms with Crippen molar-refractivity contribution in [2.24, 2.45) is 0 Å². The van der Waals surface area contributed by atoms with Crippen LogP contribution in [0.3, 0.4) is 0 Å². The molecule has 3 aromatic heterocycles. The van der Waals surface area contributed by atoms with Crippen molar-refractivity contribution in [3.05, 3.63) is 35.9 Å². The predicted octanol–water partition coefficient (Wildman–Crippen LogP) is 2.49. The van der Waals surface area contributed by atoms with Gasteiger partial charge in [0.05, 0.1) is 12.2 Å². The molecular formula is C14H16N6. The Morgan fingerprint density at radius 1 is 1.25 bits per heavy atom. The molecule has 0 aliphatic heterocycles. The van der Waals surface area contributed by atoms with Gasteiger partial charge in [-0.2, -0.15) is 15.0 Å². The van der Waals surface area contributed by atoms with Gasteiger partial charge >= 0.3 is 0 Å². The van der Waals surface area contributed by atoms with E-state index in [-0.39, 0.29) is 0 Å². The van der Waals surface area contributed by atoms with E-state index >= 15 is 0 Å². The summed E-state index contributed by atoms with van der Waals surface area (Å²) in [4.78, 5) is 13.3. The molecule has 0 bridgehead atoms. The van der Waals surface area contributed by atoms with E-state index in [0.29, 0.717) is 6.54 Å². The Labute approximate surface area is 116 Å². The van der Waals surface area contributed by atoms with Crippen LogP contribution in [0.15, 0.2) is 30.2 Å². The molecule has 102 valence electrons.